The summed E-state index contributed by atoms with van der Waals surface area (Å²) in [5, 5.41) is 3.80. The van der Waals surface area contributed by atoms with Crippen LogP contribution in [0.5, 0.6) is 11.5 Å². The molecule has 0 atom stereocenters. The van der Waals surface area contributed by atoms with E-state index in [1.54, 1.807) is 0 Å². The van der Waals surface area contributed by atoms with E-state index in [9.17, 15) is 26.2 Å². The number of sulfonamides is 1. The fourth-order valence-electron chi connectivity index (χ4n) is 8.59. The molecule has 3 aliphatic rings. The highest BCUT2D eigenvalue weighted by Crippen LogP contribution is 2.66. The Balaban J connectivity index is 1.37. The number of hydrogen-bond donors (Lipinski definition) is 1. The van der Waals surface area contributed by atoms with Gasteiger partial charge in [0.25, 0.3) is 0 Å². The maximum Gasteiger partial charge on any atom is 0.526 e. The molecule has 11 heteroatoms. The fourth-order valence-corrected chi connectivity index (χ4v) is 11.4. The molecule has 2 aliphatic carbocycles. The van der Waals surface area contributed by atoms with E-state index in [4.69, 9.17) is 9.05 Å². The lowest BCUT2D eigenvalue weighted by molar-refractivity contribution is -0.0443. The smallest absolute Gasteiger partial charge is 0.403 e. The molecule has 0 fully saturated rings. The number of rotatable bonds is 4. The standard InChI is InChI=1S/C40H31F3NO5PS/c1-23-19-33(29-13-11-25-7-3-5-9-27(25)21-29)37-35-31(23)15-17-39(35)18-16-32-24(2)20-34(30-14-12-26-8-4-6-10-28(26)22-30)38(36(32)39)49-50(45,48-37)44-51(46,47)40(41,42)43/h3-14,19-22H,15-18H2,1-2H3,(H,44,45). The number of nitrogens with one attached hydrogen (secondary N) is 1. The van der Waals surface area contributed by atoms with Crippen molar-refractivity contribution in [1.29, 1.82) is 0 Å². The molecule has 1 N–H and O–H groups in total. The summed E-state index contributed by atoms with van der Waals surface area (Å²) < 4.78 is 96.4. The van der Waals surface area contributed by atoms with Crippen LogP contribution in [0.4, 0.5) is 13.2 Å². The van der Waals surface area contributed by atoms with Gasteiger partial charge in [-0.3, -0.25) is 0 Å². The van der Waals surface area contributed by atoms with Gasteiger partial charge in [0.05, 0.1) is 0 Å². The van der Waals surface area contributed by atoms with E-state index in [0.717, 1.165) is 54.9 Å². The van der Waals surface area contributed by atoms with E-state index in [2.05, 4.69) is 0 Å². The van der Waals surface area contributed by atoms with Crippen LogP contribution in [0.3, 0.4) is 0 Å². The van der Waals surface area contributed by atoms with Gasteiger partial charge in [0.15, 0.2) is 0 Å². The molecule has 6 aromatic carbocycles. The van der Waals surface area contributed by atoms with Crippen LogP contribution in [0.15, 0.2) is 97.1 Å². The maximum atomic E-state index is 15.0. The number of halogens is 3. The number of alkyl halides is 3. The van der Waals surface area contributed by atoms with Crippen LogP contribution in [0.1, 0.15) is 46.2 Å². The zero-order valence-electron chi connectivity index (χ0n) is 27.6. The first-order valence-electron chi connectivity index (χ1n) is 16.7. The van der Waals surface area contributed by atoms with Gasteiger partial charge in [0, 0.05) is 27.7 Å². The Morgan fingerprint density at radius 1 is 0.667 bits per heavy atom. The van der Waals surface area contributed by atoms with Crippen molar-refractivity contribution in [2.24, 2.45) is 0 Å². The molecule has 258 valence electrons. The van der Waals surface area contributed by atoms with Crippen molar-refractivity contribution in [3.8, 4) is 33.8 Å². The minimum Gasteiger partial charge on any atom is -0.403 e. The SMILES string of the molecule is Cc1cc(-c2ccc3ccccc3c2)c2c3c1CCC31CCc3c(C)cc(-c4ccc5ccccc5c4)c(c31)OP(=O)(NS(=O)(=O)C(F)(F)F)O2. The molecule has 1 aliphatic heterocycles. The molecule has 0 saturated carbocycles. The molecule has 1 spiro atoms. The molecule has 0 saturated heterocycles. The molecular weight excluding hydrogens is 694 g/mol. The minimum absolute atomic E-state index is 0.0730. The van der Waals surface area contributed by atoms with E-state index in [1.807, 2.05) is 111 Å². The first-order chi connectivity index (χ1) is 24.3. The summed E-state index contributed by atoms with van der Waals surface area (Å²) in [6.45, 7) is 3.99. The van der Waals surface area contributed by atoms with Crippen LogP contribution >= 0.6 is 7.75 Å². The number of hydrogen-bond acceptors (Lipinski definition) is 5. The molecule has 9 rings (SSSR count). The molecule has 6 nitrogen and oxygen atoms in total. The number of benzene rings is 6. The van der Waals surface area contributed by atoms with Crippen LogP contribution < -0.4 is 13.5 Å². The topological polar surface area (TPSA) is 81.7 Å². The molecule has 51 heavy (non-hydrogen) atoms. The third-order valence-electron chi connectivity index (χ3n) is 10.9. The van der Waals surface area contributed by atoms with E-state index >= 15 is 0 Å². The summed E-state index contributed by atoms with van der Waals surface area (Å²) in [5.74, 6) is 0.146. The van der Waals surface area contributed by atoms with Crippen molar-refractivity contribution >= 4 is 39.3 Å². The average Bonchev–Trinajstić information content (AvgIpc) is 3.67. The summed E-state index contributed by atoms with van der Waals surface area (Å²) in [6.07, 6.45) is 2.63. The summed E-state index contributed by atoms with van der Waals surface area (Å²) >= 11 is 0. The van der Waals surface area contributed by atoms with Crippen molar-refractivity contribution < 1.29 is 35.2 Å². The predicted octanol–water partition coefficient (Wildman–Crippen LogP) is 10.4. The minimum atomic E-state index is -6.20. The maximum absolute atomic E-state index is 15.0. The molecule has 0 aromatic heterocycles. The number of fused-ring (bicyclic) bond motifs is 2. The average molecular weight is 726 g/mol. The molecular formula is C40H31F3NO5PS. The summed E-state index contributed by atoms with van der Waals surface area (Å²) in [4.78, 5) is 0. The van der Waals surface area contributed by atoms with Crippen molar-refractivity contribution in [3.63, 3.8) is 0 Å². The van der Waals surface area contributed by atoms with E-state index in [1.165, 1.54) is 4.49 Å². The highest BCUT2D eigenvalue weighted by molar-refractivity contribution is 7.95. The summed E-state index contributed by atoms with van der Waals surface area (Å²) in [5.41, 5.74) is 1.18. The second-order valence-corrected chi connectivity index (χ2v) is 17.3. The van der Waals surface area contributed by atoms with Gasteiger partial charge >= 0.3 is 23.3 Å². The molecule has 1 heterocycles. The van der Waals surface area contributed by atoms with Gasteiger partial charge in [0.2, 0.25) is 0 Å². The van der Waals surface area contributed by atoms with Gasteiger partial charge in [-0.15, -0.1) is 0 Å². The Bertz CT molecular complexity index is 2500. The van der Waals surface area contributed by atoms with Gasteiger partial charge in [-0.05, 0) is 119 Å². The van der Waals surface area contributed by atoms with Gasteiger partial charge in [0.1, 0.15) is 11.5 Å². The quantitative estimate of drug-likeness (QED) is 0.183. The lowest BCUT2D eigenvalue weighted by Gasteiger charge is -2.36. The number of aryl methyl sites for hydroxylation is 2. The van der Waals surface area contributed by atoms with E-state index in [0.29, 0.717) is 47.9 Å². The Morgan fingerprint density at radius 2 is 1.10 bits per heavy atom. The van der Waals surface area contributed by atoms with Gasteiger partial charge < -0.3 is 9.05 Å². The Kier molecular flexibility index (Phi) is 6.92. The van der Waals surface area contributed by atoms with Crippen molar-refractivity contribution in [3.05, 3.63) is 130 Å². The normalized spacial score (nSPS) is 17.0. The second kappa shape index (κ2) is 10.9. The Hall–Kier alpha value is -4.63. The van der Waals surface area contributed by atoms with Crippen LogP contribution in [-0.4, -0.2) is 13.9 Å². The first kappa shape index (κ1) is 32.3. The van der Waals surface area contributed by atoms with Crippen molar-refractivity contribution in [2.45, 2.75) is 50.5 Å². The third kappa shape index (κ3) is 4.87. The zero-order chi connectivity index (χ0) is 35.5. The molecule has 0 unspecified atom stereocenters. The molecule has 0 bridgehead atoms. The predicted molar refractivity (Wildman–Crippen MR) is 193 cm³/mol. The van der Waals surface area contributed by atoms with Crippen LogP contribution in [0, 0.1) is 13.8 Å². The van der Waals surface area contributed by atoms with Gasteiger partial charge in [-0.25, -0.2) is 13.0 Å². The lowest BCUT2D eigenvalue weighted by Crippen LogP contribution is -2.37. The monoisotopic (exact) mass is 725 g/mol. The second-order valence-electron chi connectivity index (χ2n) is 13.8. The van der Waals surface area contributed by atoms with E-state index < -0.39 is 28.7 Å². The molecule has 6 aromatic rings. The van der Waals surface area contributed by atoms with Crippen molar-refractivity contribution in [2.75, 3.05) is 0 Å². The van der Waals surface area contributed by atoms with Crippen molar-refractivity contribution in [1.82, 2.24) is 4.49 Å². The van der Waals surface area contributed by atoms with Crippen LogP contribution in [0.2, 0.25) is 0 Å². The Labute approximate surface area is 292 Å². The highest BCUT2D eigenvalue weighted by Gasteiger charge is 2.57. The lowest BCUT2D eigenvalue weighted by atomic mass is 9.73. The van der Waals surface area contributed by atoms with E-state index in [-0.39, 0.29) is 11.5 Å². The van der Waals surface area contributed by atoms with Gasteiger partial charge in [-0.2, -0.15) is 13.2 Å². The zero-order valence-corrected chi connectivity index (χ0v) is 29.3. The Morgan fingerprint density at radius 3 is 1.53 bits per heavy atom. The van der Waals surface area contributed by atoms with Gasteiger partial charge in [-0.1, -0.05) is 77.3 Å². The summed E-state index contributed by atoms with van der Waals surface area (Å²) in [6, 6.07) is 30.8. The van der Waals surface area contributed by atoms with Crippen LogP contribution in [0.25, 0.3) is 43.8 Å². The highest BCUT2D eigenvalue weighted by atomic mass is 32.2. The van der Waals surface area contributed by atoms with Crippen LogP contribution in [-0.2, 0) is 32.8 Å². The molecule has 0 radical (unpaired) electrons. The summed E-state index contributed by atoms with van der Waals surface area (Å²) in [7, 11) is -11.6. The molecule has 0 amide bonds. The fraction of sp³-hybridized carbons (Fsp3) is 0.200. The third-order valence-corrected chi connectivity index (χ3v) is 14.2. The first-order valence-corrected chi connectivity index (χ1v) is 19.7. The largest absolute Gasteiger partial charge is 0.526 e.